The van der Waals surface area contributed by atoms with Gasteiger partial charge in [-0.3, -0.25) is 14.5 Å². The van der Waals surface area contributed by atoms with Gasteiger partial charge in [0.1, 0.15) is 5.70 Å². The Morgan fingerprint density at radius 2 is 1.97 bits per heavy atom. The molecule has 1 aromatic rings. The van der Waals surface area contributed by atoms with Crippen molar-refractivity contribution in [3.63, 3.8) is 0 Å². The van der Waals surface area contributed by atoms with Gasteiger partial charge in [-0.1, -0.05) is 52.3 Å². The number of halogens is 1. The molecule has 1 unspecified atom stereocenters. The van der Waals surface area contributed by atoms with Crippen LogP contribution < -0.4 is 5.32 Å². The highest BCUT2D eigenvalue weighted by Gasteiger charge is 2.32. The van der Waals surface area contributed by atoms with Crippen molar-refractivity contribution in [2.24, 2.45) is 10.9 Å². The second-order valence-electron chi connectivity index (χ2n) is 7.11. The van der Waals surface area contributed by atoms with Crippen molar-refractivity contribution < 1.29 is 14.3 Å². The van der Waals surface area contributed by atoms with Crippen LogP contribution in [0.3, 0.4) is 0 Å². The molecule has 1 saturated heterocycles. The Labute approximate surface area is 178 Å². The van der Waals surface area contributed by atoms with E-state index >= 15 is 0 Å². The SMILES string of the molecule is O=C(CCN1CCOCC1)NC1=C(c2ccccc2)C2C=C(Br)C=CC2=NC1=O. The molecule has 7 heteroatoms. The zero-order valence-electron chi connectivity index (χ0n) is 15.9. The van der Waals surface area contributed by atoms with Gasteiger partial charge in [-0.05, 0) is 17.7 Å². The number of hydrogen-bond donors (Lipinski definition) is 1. The van der Waals surface area contributed by atoms with E-state index in [2.05, 4.69) is 31.1 Å². The zero-order chi connectivity index (χ0) is 20.2. The number of aliphatic imine (C=N–C) groups is 1. The summed E-state index contributed by atoms with van der Waals surface area (Å²) in [6, 6.07) is 9.68. The van der Waals surface area contributed by atoms with Gasteiger partial charge in [0, 0.05) is 42.0 Å². The molecule has 2 aliphatic heterocycles. The first-order valence-corrected chi connectivity index (χ1v) is 10.5. The molecule has 150 valence electrons. The van der Waals surface area contributed by atoms with Gasteiger partial charge in [-0.15, -0.1) is 0 Å². The quantitative estimate of drug-likeness (QED) is 0.740. The number of nitrogens with zero attached hydrogens (tertiary/aromatic N) is 2. The smallest absolute Gasteiger partial charge is 0.294 e. The Bertz CT molecular complexity index is 928. The normalized spacial score (nSPS) is 22.1. The van der Waals surface area contributed by atoms with Crippen LogP contribution in [0.1, 0.15) is 12.0 Å². The van der Waals surface area contributed by atoms with E-state index in [0.717, 1.165) is 28.7 Å². The minimum absolute atomic E-state index is 0.179. The number of amides is 2. The van der Waals surface area contributed by atoms with Crippen LogP contribution in [0, 0.1) is 5.92 Å². The van der Waals surface area contributed by atoms with Gasteiger partial charge in [-0.25, -0.2) is 4.99 Å². The highest BCUT2D eigenvalue weighted by atomic mass is 79.9. The van der Waals surface area contributed by atoms with E-state index in [4.69, 9.17) is 4.74 Å². The highest BCUT2D eigenvalue weighted by molar-refractivity contribution is 9.11. The molecular formula is C22H22BrN3O3. The first-order valence-electron chi connectivity index (χ1n) is 9.69. The summed E-state index contributed by atoms with van der Waals surface area (Å²) in [5.41, 5.74) is 2.63. The van der Waals surface area contributed by atoms with Crippen LogP contribution in [-0.4, -0.2) is 55.3 Å². The van der Waals surface area contributed by atoms with Gasteiger partial charge < -0.3 is 10.1 Å². The minimum Gasteiger partial charge on any atom is -0.379 e. The van der Waals surface area contributed by atoms with Crippen molar-refractivity contribution in [3.8, 4) is 0 Å². The molecule has 1 aromatic carbocycles. The van der Waals surface area contributed by atoms with Gasteiger partial charge in [0.15, 0.2) is 0 Å². The van der Waals surface area contributed by atoms with Crippen molar-refractivity contribution >= 4 is 39.0 Å². The van der Waals surface area contributed by atoms with E-state index in [-0.39, 0.29) is 17.5 Å². The summed E-state index contributed by atoms with van der Waals surface area (Å²) in [6.07, 6.45) is 6.04. The number of ether oxygens (including phenoxy) is 1. The molecule has 0 bridgehead atoms. The molecule has 0 spiro atoms. The summed E-state index contributed by atoms with van der Waals surface area (Å²) in [5, 5.41) is 2.86. The van der Waals surface area contributed by atoms with Gasteiger partial charge in [0.25, 0.3) is 5.91 Å². The number of fused-ring (bicyclic) bond motifs is 1. The molecule has 0 saturated carbocycles. The van der Waals surface area contributed by atoms with Crippen molar-refractivity contribution in [2.45, 2.75) is 6.42 Å². The van der Waals surface area contributed by atoms with Gasteiger partial charge in [-0.2, -0.15) is 0 Å². The summed E-state index contributed by atoms with van der Waals surface area (Å²) in [6.45, 7) is 3.67. The number of dihydropyridines is 1. The summed E-state index contributed by atoms with van der Waals surface area (Å²) >= 11 is 3.51. The number of benzene rings is 1. The summed E-state index contributed by atoms with van der Waals surface area (Å²) in [5.74, 6) is -0.781. The average molecular weight is 456 g/mol. The molecule has 3 aliphatic rings. The number of nitrogens with one attached hydrogen (secondary N) is 1. The number of morpholine rings is 1. The Kier molecular flexibility index (Phi) is 6.18. The topological polar surface area (TPSA) is 71.0 Å². The van der Waals surface area contributed by atoms with E-state index in [1.54, 1.807) is 0 Å². The largest absolute Gasteiger partial charge is 0.379 e. The fraction of sp³-hybridized carbons (Fsp3) is 0.318. The third-order valence-corrected chi connectivity index (χ3v) is 5.72. The van der Waals surface area contributed by atoms with E-state index in [1.165, 1.54) is 0 Å². The maximum absolute atomic E-state index is 12.8. The van der Waals surface area contributed by atoms with Gasteiger partial charge in [0.2, 0.25) is 5.91 Å². The third kappa shape index (κ3) is 4.63. The van der Waals surface area contributed by atoms with Crippen molar-refractivity contribution in [1.82, 2.24) is 10.2 Å². The lowest BCUT2D eigenvalue weighted by atomic mass is 9.82. The highest BCUT2D eigenvalue weighted by Crippen LogP contribution is 2.36. The number of hydrogen-bond acceptors (Lipinski definition) is 4. The molecule has 1 aliphatic carbocycles. The molecule has 2 heterocycles. The molecule has 1 N–H and O–H groups in total. The average Bonchev–Trinajstić information content (AvgIpc) is 2.74. The predicted molar refractivity (Wildman–Crippen MR) is 115 cm³/mol. The molecule has 29 heavy (non-hydrogen) atoms. The molecule has 2 amide bonds. The number of allylic oxidation sites excluding steroid dienone is 5. The summed E-state index contributed by atoms with van der Waals surface area (Å²) in [7, 11) is 0. The van der Waals surface area contributed by atoms with Crippen LogP contribution in [0.25, 0.3) is 5.57 Å². The maximum Gasteiger partial charge on any atom is 0.294 e. The Morgan fingerprint density at radius 1 is 1.21 bits per heavy atom. The lowest BCUT2D eigenvalue weighted by Crippen LogP contribution is -2.39. The van der Waals surface area contributed by atoms with Crippen LogP contribution >= 0.6 is 15.9 Å². The van der Waals surface area contributed by atoms with Crippen LogP contribution in [0.2, 0.25) is 0 Å². The minimum atomic E-state index is -0.411. The maximum atomic E-state index is 12.8. The molecule has 6 nitrogen and oxygen atoms in total. The van der Waals surface area contributed by atoms with E-state index in [0.29, 0.717) is 31.9 Å². The molecule has 0 radical (unpaired) electrons. The Hall–Kier alpha value is -2.35. The van der Waals surface area contributed by atoms with Gasteiger partial charge in [0.05, 0.1) is 18.9 Å². The Balaban J connectivity index is 1.59. The van der Waals surface area contributed by atoms with E-state index < -0.39 is 5.91 Å². The standard InChI is InChI=1S/C22H22BrN3O3/c23-16-6-7-18-17(14-16)20(15-4-2-1-3-5-15)21(22(28)24-18)25-19(27)8-9-26-10-12-29-13-11-26/h1-7,14,17H,8-13H2,(H,25,27). The van der Waals surface area contributed by atoms with Crippen LogP contribution in [0.15, 0.2) is 63.7 Å². The van der Waals surface area contributed by atoms with Crippen molar-refractivity contribution in [2.75, 3.05) is 32.8 Å². The van der Waals surface area contributed by atoms with E-state index in [1.807, 2.05) is 48.6 Å². The second-order valence-corrected chi connectivity index (χ2v) is 8.03. The monoisotopic (exact) mass is 455 g/mol. The third-order valence-electron chi connectivity index (χ3n) is 5.19. The van der Waals surface area contributed by atoms with Crippen LogP contribution in [0.4, 0.5) is 0 Å². The summed E-state index contributed by atoms with van der Waals surface area (Å²) < 4.78 is 6.26. The molecular weight excluding hydrogens is 434 g/mol. The Morgan fingerprint density at radius 3 is 2.72 bits per heavy atom. The van der Waals surface area contributed by atoms with Crippen LogP contribution in [-0.2, 0) is 14.3 Å². The molecule has 4 rings (SSSR count). The second kappa shape index (κ2) is 8.98. The summed E-state index contributed by atoms with van der Waals surface area (Å²) in [4.78, 5) is 31.9. The fourth-order valence-electron chi connectivity index (χ4n) is 3.70. The zero-order valence-corrected chi connectivity index (χ0v) is 17.5. The predicted octanol–water partition coefficient (Wildman–Crippen LogP) is 2.68. The number of carbonyl (C=O) groups is 2. The molecule has 1 atom stereocenters. The van der Waals surface area contributed by atoms with Crippen LogP contribution in [0.5, 0.6) is 0 Å². The number of carbonyl (C=O) groups excluding carboxylic acids is 2. The molecule has 0 aromatic heterocycles. The lowest BCUT2D eigenvalue weighted by Gasteiger charge is -2.28. The fourth-order valence-corrected chi connectivity index (χ4v) is 4.10. The number of rotatable bonds is 5. The first-order chi connectivity index (χ1) is 14.1. The molecule has 1 fully saturated rings. The van der Waals surface area contributed by atoms with E-state index in [9.17, 15) is 9.59 Å². The van der Waals surface area contributed by atoms with Crippen molar-refractivity contribution in [1.29, 1.82) is 0 Å². The first kappa shape index (κ1) is 19.9. The van der Waals surface area contributed by atoms with Crippen molar-refractivity contribution in [3.05, 3.63) is 64.3 Å². The lowest BCUT2D eigenvalue weighted by molar-refractivity contribution is -0.123. The van der Waals surface area contributed by atoms with Gasteiger partial charge >= 0.3 is 0 Å².